The van der Waals surface area contributed by atoms with Crippen molar-refractivity contribution >= 4 is 17.4 Å². The number of ether oxygens (including phenoxy) is 1. The summed E-state index contributed by atoms with van der Waals surface area (Å²) in [6, 6.07) is 11.1. The van der Waals surface area contributed by atoms with Crippen LogP contribution in [0.4, 0.5) is 11.5 Å². The molecule has 0 saturated heterocycles. The van der Waals surface area contributed by atoms with Crippen LogP contribution in [0.15, 0.2) is 42.6 Å². The van der Waals surface area contributed by atoms with Crippen LogP contribution in [0.2, 0.25) is 0 Å². The van der Waals surface area contributed by atoms with E-state index in [1.54, 1.807) is 18.3 Å². The maximum absolute atomic E-state index is 12.2. The van der Waals surface area contributed by atoms with E-state index in [0.717, 1.165) is 24.4 Å². The number of rotatable bonds is 9. The molecule has 0 unspecified atom stereocenters. The van der Waals surface area contributed by atoms with Crippen molar-refractivity contribution in [3.8, 4) is 5.75 Å². The number of carbonyl (C=O) groups is 1. The molecular formula is C19H26N4O2. The van der Waals surface area contributed by atoms with Gasteiger partial charge in [-0.05, 0) is 70.4 Å². The van der Waals surface area contributed by atoms with Crippen molar-refractivity contribution in [3.05, 3.63) is 48.2 Å². The van der Waals surface area contributed by atoms with Gasteiger partial charge in [0.1, 0.15) is 11.6 Å². The zero-order chi connectivity index (χ0) is 18.1. The van der Waals surface area contributed by atoms with Gasteiger partial charge >= 0.3 is 0 Å². The molecule has 0 aliphatic rings. The minimum absolute atomic E-state index is 0.0871. The zero-order valence-electron chi connectivity index (χ0n) is 15.1. The highest BCUT2D eigenvalue weighted by Crippen LogP contribution is 2.19. The van der Waals surface area contributed by atoms with Gasteiger partial charge in [0.25, 0.3) is 5.91 Å². The Morgan fingerprint density at radius 2 is 1.96 bits per heavy atom. The van der Waals surface area contributed by atoms with Gasteiger partial charge in [-0.2, -0.15) is 0 Å². The largest absolute Gasteiger partial charge is 0.494 e. The van der Waals surface area contributed by atoms with Crippen molar-refractivity contribution in [1.29, 1.82) is 0 Å². The lowest BCUT2D eigenvalue weighted by molar-refractivity contribution is 0.0952. The molecule has 134 valence electrons. The van der Waals surface area contributed by atoms with Gasteiger partial charge in [-0.3, -0.25) is 4.79 Å². The van der Waals surface area contributed by atoms with Crippen molar-refractivity contribution < 1.29 is 9.53 Å². The molecule has 1 amide bonds. The number of amides is 1. The molecule has 1 aromatic heterocycles. The van der Waals surface area contributed by atoms with Crippen molar-refractivity contribution in [2.75, 3.05) is 39.1 Å². The fraction of sp³-hybridized carbons (Fsp3) is 0.368. The molecule has 25 heavy (non-hydrogen) atoms. The molecule has 0 fully saturated rings. The number of aromatic nitrogens is 1. The van der Waals surface area contributed by atoms with Crippen LogP contribution in [-0.4, -0.2) is 49.6 Å². The lowest BCUT2D eigenvalue weighted by Crippen LogP contribution is -2.27. The van der Waals surface area contributed by atoms with Crippen LogP contribution < -0.4 is 15.4 Å². The van der Waals surface area contributed by atoms with Crippen molar-refractivity contribution in [3.63, 3.8) is 0 Å². The van der Waals surface area contributed by atoms with E-state index in [1.807, 2.05) is 45.3 Å². The molecule has 2 aromatic rings. The second-order valence-corrected chi connectivity index (χ2v) is 5.92. The highest BCUT2D eigenvalue weighted by atomic mass is 16.5. The highest BCUT2D eigenvalue weighted by Gasteiger charge is 2.07. The number of carbonyl (C=O) groups excluding carboxylic acids is 1. The number of hydrogen-bond donors (Lipinski definition) is 2. The second kappa shape index (κ2) is 9.64. The van der Waals surface area contributed by atoms with Gasteiger partial charge in [-0.1, -0.05) is 0 Å². The van der Waals surface area contributed by atoms with E-state index in [4.69, 9.17) is 4.74 Å². The zero-order valence-corrected chi connectivity index (χ0v) is 15.1. The summed E-state index contributed by atoms with van der Waals surface area (Å²) in [6.07, 6.45) is 2.55. The number of hydrogen-bond acceptors (Lipinski definition) is 5. The molecule has 0 saturated carbocycles. The van der Waals surface area contributed by atoms with Crippen LogP contribution in [0.3, 0.4) is 0 Å². The van der Waals surface area contributed by atoms with Gasteiger partial charge in [0, 0.05) is 24.0 Å². The fourth-order valence-electron chi connectivity index (χ4n) is 2.29. The summed E-state index contributed by atoms with van der Waals surface area (Å²) in [7, 11) is 4.03. The monoisotopic (exact) mass is 342 g/mol. The molecule has 6 nitrogen and oxygen atoms in total. The summed E-state index contributed by atoms with van der Waals surface area (Å²) in [5.41, 5.74) is 1.48. The van der Waals surface area contributed by atoms with Crippen molar-refractivity contribution in [2.45, 2.75) is 13.3 Å². The second-order valence-electron chi connectivity index (χ2n) is 5.92. The Morgan fingerprint density at radius 3 is 2.64 bits per heavy atom. The van der Waals surface area contributed by atoms with Crippen LogP contribution in [0, 0.1) is 0 Å². The highest BCUT2D eigenvalue weighted by molar-refractivity contribution is 5.94. The van der Waals surface area contributed by atoms with Gasteiger partial charge in [0.2, 0.25) is 0 Å². The first-order valence-electron chi connectivity index (χ1n) is 8.47. The van der Waals surface area contributed by atoms with E-state index in [2.05, 4.69) is 20.5 Å². The Morgan fingerprint density at radius 1 is 1.20 bits per heavy atom. The Labute approximate surface area is 149 Å². The summed E-state index contributed by atoms with van der Waals surface area (Å²) in [5.74, 6) is 1.37. The molecule has 0 spiro atoms. The average Bonchev–Trinajstić information content (AvgIpc) is 2.60. The van der Waals surface area contributed by atoms with Crippen LogP contribution in [0.25, 0.3) is 0 Å². The lowest BCUT2D eigenvalue weighted by Gasteiger charge is -2.11. The summed E-state index contributed by atoms with van der Waals surface area (Å²) in [5, 5.41) is 6.13. The van der Waals surface area contributed by atoms with Gasteiger partial charge in [0.15, 0.2) is 0 Å². The van der Waals surface area contributed by atoms with Crippen LogP contribution >= 0.6 is 0 Å². The van der Waals surface area contributed by atoms with Crippen molar-refractivity contribution in [1.82, 2.24) is 15.2 Å². The Hall–Kier alpha value is -2.60. The quantitative estimate of drug-likeness (QED) is 0.686. The fourth-order valence-corrected chi connectivity index (χ4v) is 2.29. The van der Waals surface area contributed by atoms with E-state index >= 15 is 0 Å². The normalized spacial score (nSPS) is 10.6. The predicted molar refractivity (Wildman–Crippen MR) is 101 cm³/mol. The summed E-state index contributed by atoms with van der Waals surface area (Å²) in [4.78, 5) is 18.6. The number of nitrogens with zero attached hydrogens (tertiary/aromatic N) is 2. The van der Waals surface area contributed by atoms with Crippen LogP contribution in [-0.2, 0) is 0 Å². The molecule has 0 bridgehead atoms. The standard InChI is InChI=1S/C19H26N4O2/c1-4-25-17-8-6-16(7-9-17)22-18-14-15(10-12-20-18)19(24)21-11-5-13-23(2)3/h6-10,12,14H,4-5,11,13H2,1-3H3,(H,20,22)(H,21,24). The minimum atomic E-state index is -0.0871. The smallest absolute Gasteiger partial charge is 0.251 e. The van der Waals surface area contributed by atoms with Gasteiger partial charge < -0.3 is 20.3 Å². The Bertz CT molecular complexity index is 671. The molecular weight excluding hydrogens is 316 g/mol. The number of anilines is 2. The summed E-state index contributed by atoms with van der Waals surface area (Å²) >= 11 is 0. The van der Waals surface area contributed by atoms with Gasteiger partial charge in [0.05, 0.1) is 6.61 Å². The molecule has 1 heterocycles. The minimum Gasteiger partial charge on any atom is -0.494 e. The third-order valence-corrected chi connectivity index (χ3v) is 3.53. The average molecular weight is 342 g/mol. The van der Waals surface area contributed by atoms with E-state index in [1.165, 1.54) is 0 Å². The molecule has 6 heteroatoms. The molecule has 0 radical (unpaired) electrons. The molecule has 0 aliphatic carbocycles. The van der Waals surface area contributed by atoms with E-state index in [9.17, 15) is 4.79 Å². The number of pyridine rings is 1. The van der Waals surface area contributed by atoms with E-state index < -0.39 is 0 Å². The molecule has 0 aliphatic heterocycles. The lowest BCUT2D eigenvalue weighted by atomic mass is 10.2. The molecule has 2 rings (SSSR count). The van der Waals surface area contributed by atoms with E-state index in [0.29, 0.717) is 24.5 Å². The molecule has 0 atom stereocenters. The Balaban J connectivity index is 1.92. The molecule has 1 aromatic carbocycles. The van der Waals surface area contributed by atoms with Gasteiger partial charge in [-0.25, -0.2) is 4.98 Å². The van der Waals surface area contributed by atoms with Crippen LogP contribution in [0.5, 0.6) is 5.75 Å². The van der Waals surface area contributed by atoms with Crippen LogP contribution in [0.1, 0.15) is 23.7 Å². The Kier molecular flexibility index (Phi) is 7.22. The maximum Gasteiger partial charge on any atom is 0.251 e. The van der Waals surface area contributed by atoms with Crippen molar-refractivity contribution in [2.24, 2.45) is 0 Å². The number of nitrogens with one attached hydrogen (secondary N) is 2. The number of benzene rings is 1. The summed E-state index contributed by atoms with van der Waals surface area (Å²) in [6.45, 7) is 4.19. The predicted octanol–water partition coefficient (Wildman–Crippen LogP) is 2.91. The molecule has 2 N–H and O–H groups in total. The SMILES string of the molecule is CCOc1ccc(Nc2cc(C(=O)NCCCN(C)C)ccn2)cc1. The first kappa shape index (κ1) is 18.7. The topological polar surface area (TPSA) is 66.5 Å². The summed E-state index contributed by atoms with van der Waals surface area (Å²) < 4.78 is 5.42. The third-order valence-electron chi connectivity index (χ3n) is 3.53. The van der Waals surface area contributed by atoms with Gasteiger partial charge in [-0.15, -0.1) is 0 Å². The first-order chi connectivity index (χ1) is 12.1. The maximum atomic E-state index is 12.2. The third kappa shape index (κ3) is 6.43. The first-order valence-corrected chi connectivity index (χ1v) is 8.47. The van der Waals surface area contributed by atoms with E-state index in [-0.39, 0.29) is 5.91 Å².